The van der Waals surface area contributed by atoms with Gasteiger partial charge in [0.2, 0.25) is 0 Å². The van der Waals surface area contributed by atoms with Crippen LogP contribution in [0.3, 0.4) is 0 Å². The van der Waals surface area contributed by atoms with Crippen molar-refractivity contribution in [2.45, 2.75) is 12.2 Å². The van der Waals surface area contributed by atoms with E-state index < -0.39 is 5.31 Å². The van der Waals surface area contributed by atoms with E-state index in [9.17, 15) is 0 Å². The van der Waals surface area contributed by atoms with Crippen LogP contribution < -0.4 is 5.73 Å². The van der Waals surface area contributed by atoms with Crippen molar-refractivity contribution in [2.75, 3.05) is 0 Å². The molecule has 0 aliphatic carbocycles. The summed E-state index contributed by atoms with van der Waals surface area (Å²) in [4.78, 5) is 3.90. The molecule has 3 heteroatoms. The Morgan fingerprint density at radius 2 is 2.40 bits per heavy atom. The van der Waals surface area contributed by atoms with E-state index in [2.05, 4.69) is 4.99 Å². The molecule has 0 saturated carbocycles. The maximum absolute atomic E-state index is 5.72. The van der Waals surface area contributed by atoms with Crippen molar-refractivity contribution in [1.29, 1.82) is 0 Å². The smallest absolute Gasteiger partial charge is 0.122 e. The SMILES string of the molecule is [B]C1(C)C=CC=C(N)N=C1. The number of hydrogen-bond donors (Lipinski definition) is 1. The van der Waals surface area contributed by atoms with Crippen molar-refractivity contribution >= 4 is 14.1 Å². The van der Waals surface area contributed by atoms with Crippen LogP contribution in [0.4, 0.5) is 0 Å². The van der Waals surface area contributed by atoms with Crippen molar-refractivity contribution in [2.24, 2.45) is 10.7 Å². The molecule has 50 valence electrons. The molecule has 1 unspecified atom stereocenters. The summed E-state index contributed by atoms with van der Waals surface area (Å²) >= 11 is 0. The van der Waals surface area contributed by atoms with Gasteiger partial charge in [-0.2, -0.15) is 0 Å². The standard InChI is InChI=1S/C7H9BN2/c1-7(8)4-2-3-6(9)10-5-7/h2-5H,9H2,1H3. The van der Waals surface area contributed by atoms with Gasteiger partial charge < -0.3 is 5.73 Å². The molecule has 1 rings (SSSR count). The summed E-state index contributed by atoms with van der Waals surface area (Å²) in [6.07, 6.45) is 7.00. The van der Waals surface area contributed by atoms with Gasteiger partial charge in [-0.1, -0.05) is 19.1 Å². The fraction of sp³-hybridized carbons (Fsp3) is 0.286. The molecular weight excluding hydrogens is 123 g/mol. The maximum atomic E-state index is 5.72. The third-order valence-corrected chi connectivity index (χ3v) is 1.21. The largest absolute Gasteiger partial charge is 0.384 e. The van der Waals surface area contributed by atoms with Crippen LogP contribution in [0, 0.1) is 0 Å². The summed E-state index contributed by atoms with van der Waals surface area (Å²) in [5.74, 6) is 0.491. The molecule has 1 heterocycles. The molecule has 0 spiro atoms. The zero-order valence-electron chi connectivity index (χ0n) is 5.91. The molecule has 1 atom stereocenters. The Bertz CT molecular complexity index is 214. The Labute approximate surface area is 61.9 Å². The number of nitrogens with two attached hydrogens (primary N) is 1. The molecule has 10 heavy (non-hydrogen) atoms. The van der Waals surface area contributed by atoms with Gasteiger partial charge >= 0.3 is 0 Å². The van der Waals surface area contributed by atoms with Crippen LogP contribution in [0.2, 0.25) is 5.31 Å². The van der Waals surface area contributed by atoms with Gasteiger partial charge in [0, 0.05) is 6.21 Å². The zero-order chi connectivity index (χ0) is 7.61. The summed E-state index contributed by atoms with van der Waals surface area (Å²) in [6, 6.07) is 0. The van der Waals surface area contributed by atoms with E-state index in [-0.39, 0.29) is 0 Å². The summed E-state index contributed by atoms with van der Waals surface area (Å²) in [5, 5.41) is -0.461. The summed E-state index contributed by atoms with van der Waals surface area (Å²) in [6.45, 7) is 1.86. The Morgan fingerprint density at radius 1 is 1.70 bits per heavy atom. The Hall–Kier alpha value is -0.985. The first-order valence-electron chi connectivity index (χ1n) is 3.09. The van der Waals surface area contributed by atoms with Crippen LogP contribution in [0.5, 0.6) is 0 Å². The third kappa shape index (κ3) is 1.76. The lowest BCUT2D eigenvalue weighted by Gasteiger charge is -2.11. The second-order valence-electron chi connectivity index (χ2n) is 2.57. The van der Waals surface area contributed by atoms with Gasteiger partial charge in [-0.15, -0.1) is 0 Å². The second-order valence-corrected chi connectivity index (χ2v) is 2.57. The number of aliphatic imine (C=N–C) groups is 1. The average molecular weight is 132 g/mol. The molecule has 1 aliphatic heterocycles. The van der Waals surface area contributed by atoms with Crippen molar-refractivity contribution < 1.29 is 0 Å². The van der Waals surface area contributed by atoms with E-state index >= 15 is 0 Å². The van der Waals surface area contributed by atoms with E-state index in [0.29, 0.717) is 5.82 Å². The van der Waals surface area contributed by atoms with Gasteiger partial charge in [-0.3, -0.25) is 0 Å². The monoisotopic (exact) mass is 132 g/mol. The molecule has 1 aliphatic rings. The fourth-order valence-corrected chi connectivity index (χ4v) is 0.654. The van der Waals surface area contributed by atoms with Crippen LogP contribution in [0.15, 0.2) is 29.0 Å². The molecule has 0 aromatic heterocycles. The molecule has 2 N–H and O–H groups in total. The Balaban J connectivity index is 2.88. The van der Waals surface area contributed by atoms with Crippen LogP contribution in [-0.2, 0) is 0 Å². The molecular formula is C7H9BN2. The third-order valence-electron chi connectivity index (χ3n) is 1.21. The van der Waals surface area contributed by atoms with Crippen molar-refractivity contribution in [3.8, 4) is 0 Å². The van der Waals surface area contributed by atoms with Gasteiger partial charge in [0.25, 0.3) is 0 Å². The lowest BCUT2D eigenvalue weighted by Crippen LogP contribution is -2.05. The van der Waals surface area contributed by atoms with Crippen LogP contribution >= 0.6 is 0 Å². The predicted octanol–water partition coefficient (Wildman–Crippen LogP) is 0.774. The second kappa shape index (κ2) is 2.33. The van der Waals surface area contributed by atoms with E-state index in [1.807, 2.05) is 19.1 Å². The highest BCUT2D eigenvalue weighted by Crippen LogP contribution is 2.20. The molecule has 0 bridgehead atoms. The van der Waals surface area contributed by atoms with Gasteiger partial charge in [-0.25, -0.2) is 4.99 Å². The predicted molar refractivity (Wildman–Crippen MR) is 44.0 cm³/mol. The fourth-order valence-electron chi connectivity index (χ4n) is 0.654. The van der Waals surface area contributed by atoms with E-state index in [1.165, 1.54) is 0 Å². The number of rotatable bonds is 0. The first-order chi connectivity index (χ1) is 4.60. The highest BCUT2D eigenvalue weighted by atomic mass is 14.9. The van der Waals surface area contributed by atoms with Gasteiger partial charge in [-0.05, 0) is 11.4 Å². The summed E-state index contributed by atoms with van der Waals surface area (Å²) in [7, 11) is 5.72. The molecule has 0 aromatic carbocycles. The number of allylic oxidation sites excluding steroid dienone is 3. The first kappa shape index (κ1) is 7.13. The summed E-state index contributed by atoms with van der Waals surface area (Å²) in [5.41, 5.74) is 5.41. The lowest BCUT2D eigenvalue weighted by molar-refractivity contribution is 1.05. The van der Waals surface area contributed by atoms with Crippen LogP contribution in [-0.4, -0.2) is 14.1 Å². The molecule has 0 aromatic rings. The number of nitrogens with zero attached hydrogens (tertiary/aromatic N) is 1. The van der Waals surface area contributed by atoms with Crippen molar-refractivity contribution in [1.82, 2.24) is 0 Å². The number of hydrogen-bond acceptors (Lipinski definition) is 2. The van der Waals surface area contributed by atoms with E-state index in [4.69, 9.17) is 13.6 Å². The summed E-state index contributed by atoms with van der Waals surface area (Å²) < 4.78 is 0. The quantitative estimate of drug-likeness (QED) is 0.485. The van der Waals surface area contributed by atoms with Crippen LogP contribution in [0.25, 0.3) is 0 Å². The highest BCUT2D eigenvalue weighted by Gasteiger charge is 2.09. The van der Waals surface area contributed by atoms with Gasteiger partial charge in [0.15, 0.2) is 0 Å². The minimum Gasteiger partial charge on any atom is -0.384 e. The van der Waals surface area contributed by atoms with E-state index in [0.717, 1.165) is 0 Å². The van der Waals surface area contributed by atoms with Crippen LogP contribution in [0.1, 0.15) is 6.92 Å². The molecule has 0 amide bonds. The van der Waals surface area contributed by atoms with Gasteiger partial charge in [0.1, 0.15) is 5.82 Å². The van der Waals surface area contributed by atoms with Crippen molar-refractivity contribution in [3.63, 3.8) is 0 Å². The van der Waals surface area contributed by atoms with E-state index in [1.54, 1.807) is 12.3 Å². The Morgan fingerprint density at radius 3 is 3.10 bits per heavy atom. The Kier molecular flexibility index (Phi) is 1.66. The molecule has 0 saturated heterocycles. The topological polar surface area (TPSA) is 38.4 Å². The molecule has 2 radical (unpaired) electrons. The first-order valence-corrected chi connectivity index (χ1v) is 3.09. The minimum atomic E-state index is -0.461. The maximum Gasteiger partial charge on any atom is 0.122 e. The average Bonchev–Trinajstić information content (AvgIpc) is 1.94. The normalized spacial score (nSPS) is 31.5. The molecule has 2 nitrogen and oxygen atoms in total. The highest BCUT2D eigenvalue weighted by molar-refractivity contribution is 6.26. The lowest BCUT2D eigenvalue weighted by atomic mass is 9.72. The van der Waals surface area contributed by atoms with Crippen molar-refractivity contribution in [3.05, 3.63) is 24.0 Å². The zero-order valence-corrected chi connectivity index (χ0v) is 5.91. The van der Waals surface area contributed by atoms with Gasteiger partial charge in [0.05, 0.1) is 7.85 Å². The minimum absolute atomic E-state index is 0.461. The molecule has 0 fully saturated rings.